The molecule has 2 aliphatic carbocycles. The fourth-order valence-electron chi connectivity index (χ4n) is 4.51. The summed E-state index contributed by atoms with van der Waals surface area (Å²) in [5, 5.41) is 9.64. The molecule has 2 heterocycles. The predicted octanol–water partition coefficient (Wildman–Crippen LogP) is 1.34. The van der Waals surface area contributed by atoms with Crippen molar-refractivity contribution in [3.05, 3.63) is 0 Å². The smallest absolute Gasteiger partial charge is 0.410 e. The molecular weight excluding hydrogens is 256 g/mol. The lowest BCUT2D eigenvalue weighted by Gasteiger charge is -2.56. The maximum Gasteiger partial charge on any atom is 0.410 e. The molecule has 5 heteroatoms. The number of ether oxygens (including phenoxy) is 1. The summed E-state index contributed by atoms with van der Waals surface area (Å²) in [7, 11) is 0. The SMILES string of the molecule is CC(C)(C)OC(=O)N1C[C@@H]2C[C@H]1C2C1(CN)CC(O)C1. The van der Waals surface area contributed by atoms with Gasteiger partial charge >= 0.3 is 6.09 Å². The number of hydrogen-bond acceptors (Lipinski definition) is 4. The van der Waals surface area contributed by atoms with Crippen molar-refractivity contribution in [3.8, 4) is 0 Å². The Labute approximate surface area is 120 Å². The van der Waals surface area contributed by atoms with Gasteiger partial charge in [-0.05, 0) is 63.8 Å². The summed E-state index contributed by atoms with van der Waals surface area (Å²) in [5.74, 6) is 1.01. The quantitative estimate of drug-likeness (QED) is 0.801. The van der Waals surface area contributed by atoms with Crippen LogP contribution in [0.4, 0.5) is 4.79 Å². The number of nitrogens with zero attached hydrogens (tertiary/aromatic N) is 1. The average molecular weight is 282 g/mol. The molecule has 0 radical (unpaired) electrons. The molecule has 3 atom stereocenters. The van der Waals surface area contributed by atoms with Crippen molar-refractivity contribution in [1.29, 1.82) is 0 Å². The van der Waals surface area contributed by atoms with Gasteiger partial charge in [0.25, 0.3) is 0 Å². The molecule has 1 amide bonds. The third-order valence-corrected chi connectivity index (χ3v) is 5.32. The van der Waals surface area contributed by atoms with Crippen LogP contribution in [0.25, 0.3) is 0 Å². The van der Waals surface area contributed by atoms with E-state index in [0.717, 1.165) is 25.8 Å². The molecule has 2 saturated carbocycles. The molecule has 3 N–H and O–H groups in total. The van der Waals surface area contributed by atoms with Gasteiger partial charge in [-0.3, -0.25) is 0 Å². The highest BCUT2D eigenvalue weighted by molar-refractivity contribution is 5.70. The number of fused-ring (bicyclic) bond motifs is 1. The summed E-state index contributed by atoms with van der Waals surface area (Å²) in [5.41, 5.74) is 5.58. The third-order valence-electron chi connectivity index (χ3n) is 5.32. The molecule has 2 saturated heterocycles. The number of amides is 1. The fourth-order valence-corrected chi connectivity index (χ4v) is 4.51. The van der Waals surface area contributed by atoms with Crippen LogP contribution in [0.5, 0.6) is 0 Å². The second-order valence-electron chi connectivity index (χ2n) is 7.85. The van der Waals surface area contributed by atoms with Crippen LogP contribution in [0.2, 0.25) is 0 Å². The van der Waals surface area contributed by atoms with E-state index in [1.54, 1.807) is 0 Å². The van der Waals surface area contributed by atoms with Crippen molar-refractivity contribution in [2.24, 2.45) is 23.0 Å². The summed E-state index contributed by atoms with van der Waals surface area (Å²) in [6.45, 7) is 7.09. The molecule has 20 heavy (non-hydrogen) atoms. The van der Waals surface area contributed by atoms with Gasteiger partial charge in [-0.1, -0.05) is 0 Å². The van der Waals surface area contributed by atoms with Gasteiger partial charge < -0.3 is 20.5 Å². The molecule has 2 aliphatic heterocycles. The Kier molecular flexibility index (Phi) is 3.07. The molecule has 0 spiro atoms. The number of aliphatic hydroxyl groups excluding tert-OH is 1. The second-order valence-corrected chi connectivity index (χ2v) is 7.85. The zero-order valence-corrected chi connectivity index (χ0v) is 12.6. The molecule has 0 aromatic carbocycles. The molecule has 0 aromatic rings. The van der Waals surface area contributed by atoms with Gasteiger partial charge in [0.05, 0.1) is 6.10 Å². The van der Waals surface area contributed by atoms with Crippen molar-refractivity contribution < 1.29 is 14.6 Å². The highest BCUT2D eigenvalue weighted by Crippen LogP contribution is 2.61. The lowest BCUT2D eigenvalue weighted by Crippen LogP contribution is -2.60. The van der Waals surface area contributed by atoms with Crippen LogP contribution in [0.15, 0.2) is 0 Å². The zero-order chi connectivity index (χ0) is 14.7. The fraction of sp³-hybridized carbons (Fsp3) is 0.933. The number of nitrogens with two attached hydrogens (primary N) is 1. The van der Waals surface area contributed by atoms with Crippen LogP contribution in [-0.2, 0) is 4.74 Å². The molecular formula is C15H26N2O3. The van der Waals surface area contributed by atoms with Crippen LogP contribution in [0.3, 0.4) is 0 Å². The van der Waals surface area contributed by atoms with Gasteiger partial charge in [0, 0.05) is 12.6 Å². The molecule has 2 bridgehead atoms. The van der Waals surface area contributed by atoms with Gasteiger partial charge in [0.15, 0.2) is 0 Å². The number of aliphatic hydroxyl groups is 1. The molecule has 4 rings (SSSR count). The Morgan fingerprint density at radius 1 is 1.45 bits per heavy atom. The van der Waals surface area contributed by atoms with Crippen LogP contribution in [0, 0.1) is 17.3 Å². The summed E-state index contributed by atoms with van der Waals surface area (Å²) < 4.78 is 5.49. The van der Waals surface area contributed by atoms with Crippen molar-refractivity contribution >= 4 is 6.09 Å². The van der Waals surface area contributed by atoms with E-state index < -0.39 is 5.60 Å². The molecule has 4 fully saturated rings. The van der Waals surface area contributed by atoms with Crippen LogP contribution in [-0.4, -0.2) is 46.9 Å². The number of carbonyl (C=O) groups is 1. The highest BCUT2D eigenvalue weighted by Gasteiger charge is 2.64. The molecule has 114 valence electrons. The van der Waals surface area contributed by atoms with Gasteiger partial charge in [-0.25, -0.2) is 4.79 Å². The minimum atomic E-state index is -0.447. The number of rotatable bonds is 2. The summed E-state index contributed by atoms with van der Waals surface area (Å²) >= 11 is 0. The molecule has 5 nitrogen and oxygen atoms in total. The Bertz CT molecular complexity index is 412. The third kappa shape index (κ3) is 2.02. The first-order chi connectivity index (χ1) is 9.26. The Morgan fingerprint density at radius 2 is 2.10 bits per heavy atom. The van der Waals surface area contributed by atoms with E-state index in [1.807, 2.05) is 25.7 Å². The standard InChI is InChI=1S/C15H26N2O3/c1-14(2,3)20-13(19)17-7-9-4-11(17)12(9)15(8-16)5-10(18)6-15/h9-12,18H,4-8,16H2,1-3H3/t9-,10?,11-,12?,15?/m0/s1. The number of hydrogen-bond donors (Lipinski definition) is 2. The lowest BCUT2D eigenvalue weighted by atomic mass is 9.50. The summed E-state index contributed by atoms with van der Waals surface area (Å²) in [6.07, 6.45) is 2.27. The van der Waals surface area contributed by atoms with Crippen LogP contribution in [0.1, 0.15) is 40.0 Å². The maximum absolute atomic E-state index is 12.3. The normalized spacial score (nSPS) is 43.0. The number of carbonyl (C=O) groups excluding carboxylic acids is 1. The monoisotopic (exact) mass is 282 g/mol. The van der Waals surface area contributed by atoms with E-state index in [-0.39, 0.29) is 23.7 Å². The van der Waals surface area contributed by atoms with Gasteiger partial charge in [0.2, 0.25) is 0 Å². The van der Waals surface area contributed by atoms with E-state index in [0.29, 0.717) is 18.4 Å². The van der Waals surface area contributed by atoms with Gasteiger partial charge in [0.1, 0.15) is 5.60 Å². The first kappa shape index (κ1) is 14.1. The van der Waals surface area contributed by atoms with Gasteiger partial charge in [-0.15, -0.1) is 0 Å². The van der Waals surface area contributed by atoms with Crippen molar-refractivity contribution in [3.63, 3.8) is 0 Å². The van der Waals surface area contributed by atoms with Crippen molar-refractivity contribution in [2.45, 2.75) is 57.8 Å². The molecule has 1 unspecified atom stereocenters. The van der Waals surface area contributed by atoms with E-state index in [4.69, 9.17) is 10.5 Å². The van der Waals surface area contributed by atoms with E-state index in [9.17, 15) is 9.90 Å². The topological polar surface area (TPSA) is 75.8 Å². The van der Waals surface area contributed by atoms with E-state index >= 15 is 0 Å². The Balaban J connectivity index is 1.67. The molecule has 0 aromatic heterocycles. The summed E-state index contributed by atoms with van der Waals surface area (Å²) in [4.78, 5) is 14.1. The zero-order valence-electron chi connectivity index (χ0n) is 12.6. The predicted molar refractivity (Wildman–Crippen MR) is 75.1 cm³/mol. The highest BCUT2D eigenvalue weighted by atomic mass is 16.6. The lowest BCUT2D eigenvalue weighted by molar-refractivity contribution is -0.108. The minimum absolute atomic E-state index is 0.0593. The largest absolute Gasteiger partial charge is 0.444 e. The van der Waals surface area contributed by atoms with Crippen LogP contribution >= 0.6 is 0 Å². The maximum atomic E-state index is 12.3. The second kappa shape index (κ2) is 4.34. The van der Waals surface area contributed by atoms with E-state index in [2.05, 4.69) is 0 Å². The Hall–Kier alpha value is -0.810. The first-order valence-corrected chi connectivity index (χ1v) is 7.63. The van der Waals surface area contributed by atoms with Crippen molar-refractivity contribution in [1.82, 2.24) is 4.90 Å². The average Bonchev–Trinajstić information content (AvgIpc) is 2.82. The minimum Gasteiger partial charge on any atom is -0.444 e. The van der Waals surface area contributed by atoms with Crippen LogP contribution < -0.4 is 5.73 Å². The van der Waals surface area contributed by atoms with Crippen molar-refractivity contribution in [2.75, 3.05) is 13.1 Å². The Morgan fingerprint density at radius 3 is 2.60 bits per heavy atom. The summed E-state index contributed by atoms with van der Waals surface area (Å²) in [6, 6.07) is 0.269. The molecule has 4 aliphatic rings. The van der Waals surface area contributed by atoms with Gasteiger partial charge in [-0.2, -0.15) is 0 Å². The van der Waals surface area contributed by atoms with E-state index in [1.165, 1.54) is 0 Å². The first-order valence-electron chi connectivity index (χ1n) is 7.63.